The first kappa shape index (κ1) is 10.1. The van der Waals surface area contributed by atoms with Gasteiger partial charge in [0.25, 0.3) is 0 Å². The molecule has 0 spiro atoms. The molecule has 1 atom stereocenters. The first-order valence-electron chi connectivity index (χ1n) is 5.32. The van der Waals surface area contributed by atoms with Gasteiger partial charge in [-0.05, 0) is 36.8 Å². The smallest absolute Gasteiger partial charge is 0.111 e. The van der Waals surface area contributed by atoms with Gasteiger partial charge in [0.05, 0.1) is 4.88 Å². The molecule has 2 N–H and O–H groups in total. The predicted octanol–water partition coefficient (Wildman–Crippen LogP) is 1.30. The Labute approximate surface area is 89.3 Å². The Balaban J connectivity index is 1.70. The summed E-state index contributed by atoms with van der Waals surface area (Å²) in [5, 5.41) is 4.54. The molecule has 1 aromatic rings. The summed E-state index contributed by atoms with van der Waals surface area (Å²) in [6.45, 7) is 5.39. The van der Waals surface area contributed by atoms with Crippen molar-refractivity contribution in [2.75, 3.05) is 13.2 Å². The minimum absolute atomic E-state index is 0.510. The molecule has 1 saturated heterocycles. The van der Waals surface area contributed by atoms with E-state index in [-0.39, 0.29) is 0 Å². The summed E-state index contributed by atoms with van der Waals surface area (Å²) in [4.78, 5) is 1.50. The Hall–Kier alpha value is -0.380. The minimum atomic E-state index is 0.510. The molecule has 0 aromatic carbocycles. The van der Waals surface area contributed by atoms with Crippen molar-refractivity contribution < 1.29 is 10.1 Å². The molecule has 0 radical (unpaired) electrons. The lowest BCUT2D eigenvalue weighted by Crippen LogP contribution is -2.84. The quantitative estimate of drug-likeness (QED) is 0.800. The summed E-state index contributed by atoms with van der Waals surface area (Å²) < 4.78 is 5.57. The zero-order valence-electron chi connectivity index (χ0n) is 8.66. The third-order valence-electron chi connectivity index (χ3n) is 2.75. The maximum Gasteiger partial charge on any atom is 0.111 e. The molecule has 2 heterocycles. The highest BCUT2D eigenvalue weighted by Gasteiger charge is 2.16. The second-order valence-corrected chi connectivity index (χ2v) is 4.89. The average molecular weight is 212 g/mol. The maximum atomic E-state index is 5.57. The van der Waals surface area contributed by atoms with Crippen LogP contribution in [-0.2, 0) is 11.3 Å². The molecule has 1 aromatic heterocycles. The zero-order chi connectivity index (χ0) is 9.80. The van der Waals surface area contributed by atoms with Gasteiger partial charge in [-0.25, -0.2) is 0 Å². The van der Waals surface area contributed by atoms with Gasteiger partial charge in [-0.1, -0.05) is 0 Å². The fraction of sp³-hybridized carbons (Fsp3) is 0.636. The van der Waals surface area contributed by atoms with Crippen molar-refractivity contribution in [3.63, 3.8) is 0 Å². The Kier molecular flexibility index (Phi) is 3.56. The van der Waals surface area contributed by atoms with Crippen LogP contribution in [0.2, 0.25) is 0 Å². The number of hydrogen-bond donors (Lipinski definition) is 1. The van der Waals surface area contributed by atoms with Crippen LogP contribution in [0, 0.1) is 6.92 Å². The van der Waals surface area contributed by atoms with Crippen LogP contribution in [0.3, 0.4) is 0 Å². The molecule has 0 aliphatic carbocycles. The van der Waals surface area contributed by atoms with Crippen LogP contribution in [0.15, 0.2) is 11.4 Å². The molecule has 1 aliphatic rings. The summed E-state index contributed by atoms with van der Waals surface area (Å²) >= 11 is 1.86. The van der Waals surface area contributed by atoms with Crippen molar-refractivity contribution >= 4 is 11.3 Å². The van der Waals surface area contributed by atoms with Gasteiger partial charge in [0.2, 0.25) is 0 Å². The average Bonchev–Trinajstić information content (AvgIpc) is 2.78. The van der Waals surface area contributed by atoms with Crippen molar-refractivity contribution in [2.45, 2.75) is 32.4 Å². The first-order valence-corrected chi connectivity index (χ1v) is 6.20. The Morgan fingerprint density at radius 3 is 3.21 bits per heavy atom. The Morgan fingerprint density at radius 1 is 1.64 bits per heavy atom. The second kappa shape index (κ2) is 4.91. The molecule has 78 valence electrons. The predicted molar refractivity (Wildman–Crippen MR) is 58.5 cm³/mol. The Morgan fingerprint density at radius 2 is 2.57 bits per heavy atom. The number of rotatable bonds is 4. The van der Waals surface area contributed by atoms with Crippen LogP contribution in [-0.4, -0.2) is 19.3 Å². The van der Waals surface area contributed by atoms with E-state index in [1.807, 2.05) is 11.3 Å². The fourth-order valence-corrected chi connectivity index (χ4v) is 2.75. The molecular weight excluding hydrogens is 194 g/mol. The van der Waals surface area contributed by atoms with E-state index in [2.05, 4.69) is 23.7 Å². The number of ether oxygens (including phenoxy) is 1. The zero-order valence-corrected chi connectivity index (χ0v) is 9.48. The highest BCUT2D eigenvalue weighted by atomic mass is 32.1. The lowest BCUT2D eigenvalue weighted by atomic mass is 10.2. The maximum absolute atomic E-state index is 5.57. The monoisotopic (exact) mass is 212 g/mol. The summed E-state index contributed by atoms with van der Waals surface area (Å²) in [5.41, 5.74) is 1.43. The second-order valence-electron chi connectivity index (χ2n) is 3.89. The van der Waals surface area contributed by atoms with Crippen LogP contribution >= 0.6 is 11.3 Å². The molecule has 0 bridgehead atoms. The van der Waals surface area contributed by atoms with Crippen molar-refractivity contribution in [1.29, 1.82) is 0 Å². The lowest BCUT2D eigenvalue weighted by Gasteiger charge is -2.07. The third kappa shape index (κ3) is 2.56. The van der Waals surface area contributed by atoms with E-state index in [1.165, 1.54) is 23.3 Å². The number of quaternary nitrogens is 1. The van der Waals surface area contributed by atoms with Crippen molar-refractivity contribution in [3.05, 3.63) is 21.9 Å². The highest BCUT2D eigenvalue weighted by molar-refractivity contribution is 7.10. The van der Waals surface area contributed by atoms with Crippen molar-refractivity contribution in [1.82, 2.24) is 0 Å². The van der Waals surface area contributed by atoms with Crippen LogP contribution < -0.4 is 5.32 Å². The van der Waals surface area contributed by atoms with E-state index < -0.39 is 0 Å². The molecule has 1 aliphatic heterocycles. The van der Waals surface area contributed by atoms with Gasteiger partial charge >= 0.3 is 0 Å². The highest BCUT2D eigenvalue weighted by Crippen LogP contribution is 2.13. The molecular formula is C11H18NOS+. The Bertz CT molecular complexity index is 279. The molecule has 14 heavy (non-hydrogen) atoms. The normalized spacial score (nSPS) is 21.6. The summed E-state index contributed by atoms with van der Waals surface area (Å²) in [6.07, 6.45) is 3.01. The number of aryl methyl sites for hydroxylation is 1. The number of thiophene rings is 1. The summed E-state index contributed by atoms with van der Waals surface area (Å²) in [6, 6.07) is 2.19. The van der Waals surface area contributed by atoms with E-state index in [4.69, 9.17) is 4.74 Å². The van der Waals surface area contributed by atoms with Crippen LogP contribution in [0.5, 0.6) is 0 Å². The van der Waals surface area contributed by atoms with E-state index in [0.717, 1.165) is 19.7 Å². The van der Waals surface area contributed by atoms with E-state index in [1.54, 1.807) is 0 Å². The van der Waals surface area contributed by atoms with E-state index in [9.17, 15) is 0 Å². The standard InChI is InChI=1S/C11H17NOS/c1-9-4-6-14-11(9)8-12-7-10-3-2-5-13-10/h4,6,10,12H,2-3,5,7-8H2,1H3/p+1/t10-/m1/s1. The molecule has 2 rings (SSSR count). The fourth-order valence-electron chi connectivity index (χ4n) is 1.84. The molecule has 2 nitrogen and oxygen atoms in total. The third-order valence-corrected chi connectivity index (χ3v) is 3.80. The van der Waals surface area contributed by atoms with Crippen LogP contribution in [0.1, 0.15) is 23.3 Å². The lowest BCUT2D eigenvalue weighted by molar-refractivity contribution is -0.675. The summed E-state index contributed by atoms with van der Waals surface area (Å²) in [7, 11) is 0. The SMILES string of the molecule is Cc1ccsc1C[NH2+]C[C@H]1CCCO1. The van der Waals surface area contributed by atoms with E-state index >= 15 is 0 Å². The van der Waals surface area contributed by atoms with Gasteiger partial charge in [0, 0.05) is 6.61 Å². The van der Waals surface area contributed by atoms with Gasteiger partial charge < -0.3 is 10.1 Å². The largest absolute Gasteiger partial charge is 0.372 e. The van der Waals surface area contributed by atoms with Gasteiger partial charge in [-0.3, -0.25) is 0 Å². The molecule has 3 heteroatoms. The molecule has 0 saturated carbocycles. The molecule has 1 fully saturated rings. The molecule has 0 unspecified atom stereocenters. The van der Waals surface area contributed by atoms with Gasteiger partial charge in [-0.2, -0.15) is 0 Å². The van der Waals surface area contributed by atoms with Gasteiger partial charge in [0.15, 0.2) is 0 Å². The van der Waals surface area contributed by atoms with Crippen LogP contribution in [0.4, 0.5) is 0 Å². The van der Waals surface area contributed by atoms with E-state index in [0.29, 0.717) is 6.10 Å². The molecule has 0 amide bonds. The number of hydrogen-bond acceptors (Lipinski definition) is 2. The number of nitrogens with two attached hydrogens (primary N) is 1. The summed E-state index contributed by atoms with van der Waals surface area (Å²) in [5.74, 6) is 0. The van der Waals surface area contributed by atoms with Crippen molar-refractivity contribution in [3.8, 4) is 0 Å². The first-order chi connectivity index (χ1) is 6.86. The topological polar surface area (TPSA) is 25.8 Å². The van der Waals surface area contributed by atoms with Crippen LogP contribution in [0.25, 0.3) is 0 Å². The van der Waals surface area contributed by atoms with Crippen molar-refractivity contribution in [2.24, 2.45) is 0 Å². The van der Waals surface area contributed by atoms with Gasteiger partial charge in [-0.15, -0.1) is 11.3 Å². The van der Waals surface area contributed by atoms with Gasteiger partial charge in [0.1, 0.15) is 19.2 Å². The minimum Gasteiger partial charge on any atom is -0.372 e.